The first-order valence-corrected chi connectivity index (χ1v) is 9.82. The second-order valence-electron chi connectivity index (χ2n) is 6.47. The summed E-state index contributed by atoms with van der Waals surface area (Å²) in [7, 11) is 1.62. The third kappa shape index (κ3) is 4.41. The summed E-state index contributed by atoms with van der Waals surface area (Å²) < 4.78 is 19.4. The van der Waals surface area contributed by atoms with Crippen molar-refractivity contribution in [2.24, 2.45) is 0 Å². The summed E-state index contributed by atoms with van der Waals surface area (Å²) in [5.41, 5.74) is 2.45. The number of rotatable bonds is 6. The molecule has 2 aromatic carbocycles. The Kier molecular flexibility index (Phi) is 5.48. The Labute approximate surface area is 171 Å². The van der Waals surface area contributed by atoms with Crippen LogP contribution in [0, 0.1) is 5.82 Å². The molecule has 2 aromatic heterocycles. The lowest BCUT2D eigenvalue weighted by Crippen LogP contribution is -2.31. The highest BCUT2D eigenvalue weighted by Gasteiger charge is 2.21. The molecule has 0 aliphatic rings. The summed E-state index contributed by atoms with van der Waals surface area (Å²) in [4.78, 5) is 23.6. The van der Waals surface area contributed by atoms with Gasteiger partial charge in [0.25, 0.3) is 0 Å². The minimum Gasteiger partial charge on any atom is -0.497 e. The number of benzene rings is 2. The molecule has 4 aromatic rings. The number of hydrogen-bond acceptors (Lipinski definition) is 5. The van der Waals surface area contributed by atoms with E-state index in [4.69, 9.17) is 4.74 Å². The maximum Gasteiger partial charge on any atom is 0.233 e. The van der Waals surface area contributed by atoms with Crippen LogP contribution < -0.4 is 9.64 Å². The number of pyridine rings is 1. The first-order chi connectivity index (χ1) is 14.1. The zero-order valence-corrected chi connectivity index (χ0v) is 16.5. The van der Waals surface area contributed by atoms with Crippen LogP contribution in [0.3, 0.4) is 0 Å². The van der Waals surface area contributed by atoms with Crippen LogP contribution in [-0.2, 0) is 17.8 Å². The number of carbonyl (C=O) groups is 1. The van der Waals surface area contributed by atoms with E-state index in [1.165, 1.54) is 23.5 Å². The number of carbonyl (C=O) groups excluding carboxylic acids is 1. The van der Waals surface area contributed by atoms with Gasteiger partial charge in [0, 0.05) is 12.4 Å². The SMILES string of the molecule is COc1ccc2nc(N(Cc3cccnc3)C(=O)Cc3ccc(F)cc3)sc2c1. The quantitative estimate of drug-likeness (QED) is 0.468. The second kappa shape index (κ2) is 8.36. The van der Waals surface area contributed by atoms with Crippen molar-refractivity contribution in [1.82, 2.24) is 9.97 Å². The Balaban J connectivity index is 1.67. The lowest BCUT2D eigenvalue weighted by molar-refractivity contribution is -0.118. The molecule has 0 spiro atoms. The van der Waals surface area contributed by atoms with Gasteiger partial charge < -0.3 is 4.74 Å². The highest BCUT2D eigenvalue weighted by Crippen LogP contribution is 2.32. The van der Waals surface area contributed by atoms with E-state index in [9.17, 15) is 9.18 Å². The van der Waals surface area contributed by atoms with Crippen LogP contribution in [0.1, 0.15) is 11.1 Å². The Morgan fingerprint density at radius 3 is 2.69 bits per heavy atom. The Bertz CT molecular complexity index is 1130. The molecule has 0 unspecified atom stereocenters. The largest absolute Gasteiger partial charge is 0.497 e. The van der Waals surface area contributed by atoms with Gasteiger partial charge in [-0.2, -0.15) is 0 Å². The van der Waals surface area contributed by atoms with Crippen LogP contribution in [0.2, 0.25) is 0 Å². The molecule has 0 atom stereocenters. The van der Waals surface area contributed by atoms with E-state index in [1.54, 1.807) is 36.5 Å². The molecule has 5 nitrogen and oxygen atoms in total. The van der Waals surface area contributed by atoms with Crippen molar-refractivity contribution in [3.05, 3.63) is 83.9 Å². The van der Waals surface area contributed by atoms with Crippen LogP contribution >= 0.6 is 11.3 Å². The molecule has 0 saturated heterocycles. The maximum absolute atomic E-state index is 13.2. The number of anilines is 1. The van der Waals surface area contributed by atoms with Gasteiger partial charge in [-0.25, -0.2) is 9.37 Å². The minimum absolute atomic E-state index is 0.119. The lowest BCUT2D eigenvalue weighted by Gasteiger charge is -2.20. The van der Waals surface area contributed by atoms with E-state index in [2.05, 4.69) is 9.97 Å². The van der Waals surface area contributed by atoms with E-state index >= 15 is 0 Å². The molecule has 2 heterocycles. The Morgan fingerprint density at radius 1 is 1.14 bits per heavy atom. The van der Waals surface area contributed by atoms with Crippen LogP contribution in [0.15, 0.2) is 67.0 Å². The first-order valence-electron chi connectivity index (χ1n) is 9.00. The van der Waals surface area contributed by atoms with Crippen LogP contribution in [0.5, 0.6) is 5.75 Å². The van der Waals surface area contributed by atoms with Crippen molar-refractivity contribution in [2.75, 3.05) is 12.0 Å². The summed E-state index contributed by atoms with van der Waals surface area (Å²) in [5.74, 6) is 0.296. The van der Waals surface area contributed by atoms with Gasteiger partial charge in [0.15, 0.2) is 5.13 Å². The number of halogens is 1. The summed E-state index contributed by atoms with van der Waals surface area (Å²) in [6, 6.07) is 15.3. The predicted molar refractivity (Wildman–Crippen MR) is 112 cm³/mol. The Hall–Kier alpha value is -3.32. The standard InChI is InChI=1S/C22H18FN3O2S/c1-28-18-8-9-19-20(12-18)29-22(25-19)26(14-16-3-2-10-24-13-16)21(27)11-15-4-6-17(23)7-5-15/h2-10,12-13H,11,14H2,1H3. The second-order valence-corrected chi connectivity index (χ2v) is 7.48. The van der Waals surface area contributed by atoms with E-state index in [0.717, 1.165) is 27.1 Å². The van der Waals surface area contributed by atoms with Crippen molar-refractivity contribution >= 4 is 32.6 Å². The number of ether oxygens (including phenoxy) is 1. The van der Waals surface area contributed by atoms with Crippen molar-refractivity contribution in [2.45, 2.75) is 13.0 Å². The summed E-state index contributed by atoms with van der Waals surface area (Å²) >= 11 is 1.43. The van der Waals surface area contributed by atoms with Crippen LogP contribution in [-0.4, -0.2) is 23.0 Å². The fourth-order valence-corrected chi connectivity index (χ4v) is 3.95. The van der Waals surface area contributed by atoms with Gasteiger partial charge >= 0.3 is 0 Å². The number of aromatic nitrogens is 2. The highest BCUT2D eigenvalue weighted by molar-refractivity contribution is 7.22. The Morgan fingerprint density at radius 2 is 1.97 bits per heavy atom. The lowest BCUT2D eigenvalue weighted by atomic mass is 10.1. The van der Waals surface area contributed by atoms with Crippen molar-refractivity contribution in [3.63, 3.8) is 0 Å². The zero-order chi connectivity index (χ0) is 20.2. The average Bonchev–Trinajstić information content (AvgIpc) is 3.17. The fourth-order valence-electron chi connectivity index (χ4n) is 2.94. The van der Waals surface area contributed by atoms with E-state index in [0.29, 0.717) is 11.7 Å². The van der Waals surface area contributed by atoms with Gasteiger partial charge in [-0.15, -0.1) is 0 Å². The zero-order valence-electron chi connectivity index (χ0n) is 15.7. The third-order valence-corrected chi connectivity index (χ3v) is 5.49. The van der Waals surface area contributed by atoms with E-state index in [1.807, 2.05) is 30.3 Å². The van der Waals surface area contributed by atoms with Gasteiger partial charge in [0.1, 0.15) is 11.6 Å². The van der Waals surface area contributed by atoms with Crippen LogP contribution in [0.4, 0.5) is 9.52 Å². The minimum atomic E-state index is -0.325. The molecule has 146 valence electrons. The summed E-state index contributed by atoms with van der Waals surface area (Å²) in [6.45, 7) is 0.352. The summed E-state index contributed by atoms with van der Waals surface area (Å²) in [6.07, 6.45) is 3.58. The molecule has 4 rings (SSSR count). The summed E-state index contributed by atoms with van der Waals surface area (Å²) in [5, 5.41) is 0.601. The number of nitrogens with zero attached hydrogens (tertiary/aromatic N) is 3. The molecule has 0 bridgehead atoms. The van der Waals surface area contributed by atoms with E-state index in [-0.39, 0.29) is 18.1 Å². The number of thiazole rings is 1. The normalized spacial score (nSPS) is 10.8. The molecule has 1 amide bonds. The number of amides is 1. The predicted octanol–water partition coefficient (Wildman–Crippen LogP) is 4.61. The molecule has 0 radical (unpaired) electrons. The number of methoxy groups -OCH3 is 1. The van der Waals surface area contributed by atoms with Gasteiger partial charge in [-0.05, 0) is 47.5 Å². The smallest absolute Gasteiger partial charge is 0.233 e. The highest BCUT2D eigenvalue weighted by atomic mass is 32.1. The topological polar surface area (TPSA) is 55.3 Å². The first kappa shape index (κ1) is 19.0. The van der Waals surface area contributed by atoms with Gasteiger partial charge in [-0.1, -0.05) is 29.5 Å². The van der Waals surface area contributed by atoms with Crippen molar-refractivity contribution in [3.8, 4) is 5.75 Å². The monoisotopic (exact) mass is 407 g/mol. The van der Waals surface area contributed by atoms with Gasteiger partial charge in [-0.3, -0.25) is 14.7 Å². The molecular weight excluding hydrogens is 389 g/mol. The molecular formula is C22H18FN3O2S. The fraction of sp³-hybridized carbons (Fsp3) is 0.136. The molecule has 7 heteroatoms. The molecule has 0 N–H and O–H groups in total. The molecule has 29 heavy (non-hydrogen) atoms. The molecule has 0 aliphatic heterocycles. The third-order valence-electron chi connectivity index (χ3n) is 4.45. The van der Waals surface area contributed by atoms with Crippen molar-refractivity contribution in [1.29, 1.82) is 0 Å². The number of fused-ring (bicyclic) bond motifs is 1. The molecule has 0 saturated carbocycles. The number of hydrogen-bond donors (Lipinski definition) is 0. The van der Waals surface area contributed by atoms with Crippen molar-refractivity contribution < 1.29 is 13.9 Å². The average molecular weight is 407 g/mol. The van der Waals surface area contributed by atoms with Gasteiger partial charge in [0.05, 0.1) is 30.3 Å². The molecule has 0 aliphatic carbocycles. The van der Waals surface area contributed by atoms with Gasteiger partial charge in [0.2, 0.25) is 5.91 Å². The van der Waals surface area contributed by atoms with E-state index < -0.39 is 0 Å². The van der Waals surface area contributed by atoms with Crippen LogP contribution in [0.25, 0.3) is 10.2 Å². The molecule has 0 fully saturated rings. The maximum atomic E-state index is 13.2.